The van der Waals surface area contributed by atoms with Crippen LogP contribution in [0.1, 0.15) is 11.3 Å². The molecule has 0 aliphatic rings. The van der Waals surface area contributed by atoms with Crippen molar-refractivity contribution in [3.8, 4) is 18.4 Å². The first-order chi connectivity index (χ1) is 13.2. The number of fused-ring (bicyclic) bond motifs is 2. The number of H-pyrrole nitrogens is 1. The summed E-state index contributed by atoms with van der Waals surface area (Å²) in [5.74, 6) is 2.71. The van der Waals surface area contributed by atoms with Gasteiger partial charge in [0.1, 0.15) is 6.07 Å². The summed E-state index contributed by atoms with van der Waals surface area (Å²) < 4.78 is 2.10. The third-order valence-corrected chi connectivity index (χ3v) is 5.30. The van der Waals surface area contributed by atoms with Crippen LogP contribution in [0.4, 0.5) is 0 Å². The number of nitrogens with zero attached hydrogens (tertiary/aromatic N) is 3. The maximum atomic E-state index is 9.68. The van der Waals surface area contributed by atoms with E-state index >= 15 is 0 Å². The Labute approximate surface area is 161 Å². The number of nitriles is 1. The molecule has 0 unspecified atom stereocenters. The Balaban J connectivity index is 1.78. The summed E-state index contributed by atoms with van der Waals surface area (Å²) >= 11 is 1.33. The average molecular weight is 368 g/mol. The minimum Gasteiger partial charge on any atom is -0.333 e. The smallest absolute Gasteiger partial charge is 0.171 e. The van der Waals surface area contributed by atoms with Crippen LogP contribution in [0.25, 0.3) is 28.0 Å². The lowest BCUT2D eigenvalue weighted by Gasteiger charge is -2.03. The molecule has 1 N–H and O–H groups in total. The van der Waals surface area contributed by atoms with Gasteiger partial charge in [-0.3, -0.25) is 0 Å². The molecule has 0 saturated heterocycles. The number of hydrogen-bond acceptors (Lipinski definition) is 3. The molecule has 0 aliphatic heterocycles. The molecule has 2 aromatic carbocycles. The highest BCUT2D eigenvalue weighted by Crippen LogP contribution is 2.32. The Hall–Kier alpha value is -3.41. The summed E-state index contributed by atoms with van der Waals surface area (Å²) in [6, 6.07) is 18.2. The van der Waals surface area contributed by atoms with Crippen molar-refractivity contribution in [2.75, 3.05) is 0 Å². The van der Waals surface area contributed by atoms with Crippen LogP contribution >= 0.6 is 11.8 Å². The standard InChI is InChI=1S/C22H16N4S/c1-3-12-26-15(2)18(17-8-4-7-11-21(17)26)13-16(14-23)27-22-24-19-9-5-6-10-20(19)25-22/h1,4-11,13H,12H2,2H3,(H,24,25)/b16-13+. The Bertz CT molecular complexity index is 1230. The summed E-state index contributed by atoms with van der Waals surface area (Å²) in [7, 11) is 0. The fraction of sp³-hybridized carbons (Fsp3) is 0.0909. The number of terminal acetylenes is 1. The van der Waals surface area contributed by atoms with Crippen molar-refractivity contribution in [1.82, 2.24) is 14.5 Å². The van der Waals surface area contributed by atoms with Crippen molar-refractivity contribution >= 4 is 39.8 Å². The molecule has 4 rings (SSSR count). The lowest BCUT2D eigenvalue weighted by atomic mass is 10.1. The topological polar surface area (TPSA) is 57.4 Å². The van der Waals surface area contributed by atoms with Gasteiger partial charge >= 0.3 is 0 Å². The number of benzene rings is 2. The predicted octanol–water partition coefficient (Wildman–Crippen LogP) is 5.12. The number of allylic oxidation sites excluding steroid dienone is 1. The summed E-state index contributed by atoms with van der Waals surface area (Å²) in [5.41, 5.74) is 4.98. The van der Waals surface area contributed by atoms with Gasteiger partial charge in [0, 0.05) is 22.2 Å². The number of thioether (sulfide) groups is 1. The average Bonchev–Trinajstić information content (AvgIpc) is 3.21. The van der Waals surface area contributed by atoms with Crippen molar-refractivity contribution in [3.05, 3.63) is 64.7 Å². The number of para-hydroxylation sites is 3. The molecule has 2 heterocycles. The first-order valence-corrected chi connectivity index (χ1v) is 9.28. The number of imidazole rings is 1. The van der Waals surface area contributed by atoms with E-state index in [9.17, 15) is 5.26 Å². The fourth-order valence-corrected chi connectivity index (χ4v) is 3.97. The lowest BCUT2D eigenvalue weighted by Crippen LogP contribution is -1.97. The zero-order chi connectivity index (χ0) is 18.8. The lowest BCUT2D eigenvalue weighted by molar-refractivity contribution is 0.846. The van der Waals surface area contributed by atoms with Crippen LogP contribution in [0.2, 0.25) is 0 Å². The molecule has 2 aromatic heterocycles. The highest BCUT2D eigenvalue weighted by molar-refractivity contribution is 8.03. The largest absolute Gasteiger partial charge is 0.333 e. The molecule has 0 spiro atoms. The Morgan fingerprint density at radius 1 is 1.26 bits per heavy atom. The van der Waals surface area contributed by atoms with E-state index in [4.69, 9.17) is 6.42 Å². The second-order valence-electron chi connectivity index (χ2n) is 6.09. The number of aromatic nitrogens is 3. The number of nitrogens with one attached hydrogen (secondary N) is 1. The van der Waals surface area contributed by atoms with Gasteiger partial charge < -0.3 is 9.55 Å². The Morgan fingerprint density at radius 3 is 2.81 bits per heavy atom. The summed E-state index contributed by atoms with van der Waals surface area (Å²) in [6.45, 7) is 2.53. The predicted molar refractivity (Wildman–Crippen MR) is 111 cm³/mol. The summed E-state index contributed by atoms with van der Waals surface area (Å²) in [6.07, 6.45) is 7.46. The van der Waals surface area contributed by atoms with Crippen LogP contribution in [0, 0.1) is 30.6 Å². The molecule has 0 fully saturated rings. The van der Waals surface area contributed by atoms with E-state index in [0.717, 1.165) is 33.2 Å². The van der Waals surface area contributed by atoms with Gasteiger partial charge in [-0.05, 0) is 43.0 Å². The Kier molecular flexibility index (Phi) is 4.46. The molecule has 0 atom stereocenters. The molecule has 4 nitrogen and oxygen atoms in total. The quantitative estimate of drug-likeness (QED) is 0.309. The first kappa shape index (κ1) is 17.0. The maximum Gasteiger partial charge on any atom is 0.171 e. The molecule has 0 aliphatic carbocycles. The van der Waals surface area contributed by atoms with Crippen molar-refractivity contribution in [2.24, 2.45) is 0 Å². The number of rotatable bonds is 4. The Morgan fingerprint density at radius 2 is 2.04 bits per heavy atom. The molecule has 0 bridgehead atoms. The normalized spacial score (nSPS) is 11.6. The highest BCUT2D eigenvalue weighted by atomic mass is 32.2. The summed E-state index contributed by atoms with van der Waals surface area (Å²) in [4.78, 5) is 8.37. The minimum atomic E-state index is 0.499. The molecule has 4 aromatic rings. The van der Waals surface area contributed by atoms with Crippen LogP contribution in [0.3, 0.4) is 0 Å². The van der Waals surface area contributed by atoms with Gasteiger partial charge in [-0.2, -0.15) is 5.26 Å². The van der Waals surface area contributed by atoms with Crippen LogP contribution < -0.4 is 0 Å². The van der Waals surface area contributed by atoms with Gasteiger partial charge in [0.2, 0.25) is 0 Å². The van der Waals surface area contributed by atoms with Crippen LogP contribution in [-0.2, 0) is 6.54 Å². The minimum absolute atomic E-state index is 0.499. The fourth-order valence-electron chi connectivity index (χ4n) is 3.23. The van der Waals surface area contributed by atoms with Gasteiger partial charge in [-0.25, -0.2) is 4.98 Å². The number of aromatic amines is 1. The van der Waals surface area contributed by atoms with Crippen LogP contribution in [0.15, 0.2) is 58.6 Å². The molecule has 0 saturated carbocycles. The van der Waals surface area contributed by atoms with Crippen LogP contribution in [0.5, 0.6) is 0 Å². The van der Waals surface area contributed by atoms with E-state index < -0.39 is 0 Å². The third-order valence-electron chi connectivity index (χ3n) is 4.49. The van der Waals surface area contributed by atoms with Gasteiger partial charge in [-0.1, -0.05) is 36.3 Å². The van der Waals surface area contributed by atoms with Crippen LogP contribution in [-0.4, -0.2) is 14.5 Å². The molecular weight excluding hydrogens is 352 g/mol. The van der Waals surface area contributed by atoms with E-state index in [1.165, 1.54) is 11.8 Å². The second kappa shape index (κ2) is 7.07. The third kappa shape index (κ3) is 3.10. The summed E-state index contributed by atoms with van der Waals surface area (Å²) in [5, 5.41) is 11.5. The maximum absolute atomic E-state index is 9.68. The monoisotopic (exact) mass is 368 g/mol. The zero-order valence-corrected chi connectivity index (χ0v) is 15.5. The molecule has 130 valence electrons. The van der Waals surface area contributed by atoms with Gasteiger partial charge in [-0.15, -0.1) is 6.42 Å². The van der Waals surface area contributed by atoms with Crippen molar-refractivity contribution in [1.29, 1.82) is 5.26 Å². The van der Waals surface area contributed by atoms with Crippen molar-refractivity contribution in [3.63, 3.8) is 0 Å². The van der Waals surface area contributed by atoms with Gasteiger partial charge in [0.15, 0.2) is 5.16 Å². The van der Waals surface area contributed by atoms with E-state index in [1.807, 2.05) is 49.4 Å². The molecular formula is C22H16N4S. The molecule has 27 heavy (non-hydrogen) atoms. The first-order valence-electron chi connectivity index (χ1n) is 8.47. The molecule has 0 radical (unpaired) electrons. The van der Waals surface area contributed by atoms with E-state index in [1.54, 1.807) is 0 Å². The highest BCUT2D eigenvalue weighted by Gasteiger charge is 2.13. The SMILES string of the molecule is C#CCn1c(C)c(/C=C(\C#N)Sc2nc3ccccc3[nH]2)c2ccccc21. The number of hydrogen-bond donors (Lipinski definition) is 1. The molecule has 0 amide bonds. The van der Waals surface area contributed by atoms with E-state index in [-0.39, 0.29) is 0 Å². The molecule has 5 heteroatoms. The van der Waals surface area contributed by atoms with Gasteiger partial charge in [0.05, 0.1) is 22.5 Å². The van der Waals surface area contributed by atoms with Gasteiger partial charge in [0.25, 0.3) is 0 Å². The zero-order valence-electron chi connectivity index (χ0n) is 14.7. The van der Waals surface area contributed by atoms with Crippen molar-refractivity contribution < 1.29 is 0 Å². The van der Waals surface area contributed by atoms with Crippen molar-refractivity contribution in [2.45, 2.75) is 18.6 Å². The van der Waals surface area contributed by atoms with E-state index in [2.05, 4.69) is 38.7 Å². The van der Waals surface area contributed by atoms with E-state index in [0.29, 0.717) is 16.6 Å². The second-order valence-corrected chi connectivity index (χ2v) is 7.12.